The average Bonchev–Trinajstić information content (AvgIpc) is 4.04. The van der Waals surface area contributed by atoms with Gasteiger partial charge >= 0.3 is 0 Å². The van der Waals surface area contributed by atoms with Gasteiger partial charge in [0.15, 0.2) is 0 Å². The molecule has 11 aromatic carbocycles. The largest absolute Gasteiger partial charge is 0.456 e. The Balaban J connectivity index is 1.10. The van der Waals surface area contributed by atoms with Crippen molar-refractivity contribution in [2.45, 2.75) is 11.8 Å². The van der Waals surface area contributed by atoms with Gasteiger partial charge < -0.3 is 8.83 Å². The van der Waals surface area contributed by atoms with E-state index in [-0.39, 0.29) is 0 Å². The molecule has 0 atom stereocenters. The SMILES string of the molecule is c1ccc2c(c1)Cc1c(-c3c4cccc(-c5cccc6oc7ccccc7c56)c4cc4c(-c5cccc6oc7ccccc7c56)cccc34)cccc1C21c2ccccc2-c2ccccc21. The number of para-hydroxylation sites is 2. The molecule has 2 aliphatic carbocycles. The summed E-state index contributed by atoms with van der Waals surface area (Å²) < 4.78 is 13.0. The van der Waals surface area contributed by atoms with Crippen molar-refractivity contribution in [2.75, 3.05) is 0 Å². The molecular formula is C64H38O2. The summed E-state index contributed by atoms with van der Waals surface area (Å²) in [5.41, 5.74) is 21.1. The number of hydrogen-bond donors (Lipinski definition) is 0. The van der Waals surface area contributed by atoms with E-state index in [2.05, 4.69) is 218 Å². The smallest absolute Gasteiger partial charge is 0.136 e. The van der Waals surface area contributed by atoms with Gasteiger partial charge in [0, 0.05) is 21.5 Å². The summed E-state index contributed by atoms with van der Waals surface area (Å²) in [6.07, 6.45) is 0.825. The van der Waals surface area contributed by atoms with Crippen molar-refractivity contribution in [2.24, 2.45) is 0 Å². The third-order valence-corrected chi connectivity index (χ3v) is 15.0. The lowest BCUT2D eigenvalue weighted by molar-refractivity contribution is 0.668. The Bertz CT molecular complexity index is 4000. The van der Waals surface area contributed by atoms with Gasteiger partial charge in [0.25, 0.3) is 0 Å². The van der Waals surface area contributed by atoms with Crippen LogP contribution in [-0.2, 0) is 11.8 Å². The van der Waals surface area contributed by atoms with Crippen molar-refractivity contribution in [1.82, 2.24) is 0 Å². The molecule has 13 aromatic rings. The zero-order valence-electron chi connectivity index (χ0n) is 35.8. The molecule has 0 saturated heterocycles. The maximum absolute atomic E-state index is 6.51. The van der Waals surface area contributed by atoms with Gasteiger partial charge in [0.2, 0.25) is 0 Å². The van der Waals surface area contributed by atoms with Crippen molar-refractivity contribution >= 4 is 65.4 Å². The predicted octanol–water partition coefficient (Wildman–Crippen LogP) is 17.1. The molecule has 2 heterocycles. The van der Waals surface area contributed by atoms with E-state index in [1.54, 1.807) is 0 Å². The molecule has 1 spiro atoms. The average molecular weight is 839 g/mol. The number of fused-ring (bicyclic) bond motifs is 17. The summed E-state index contributed by atoms with van der Waals surface area (Å²) in [6.45, 7) is 0. The minimum Gasteiger partial charge on any atom is -0.456 e. The number of furan rings is 2. The normalized spacial score (nSPS) is 13.5. The molecule has 306 valence electrons. The predicted molar refractivity (Wildman–Crippen MR) is 272 cm³/mol. The van der Waals surface area contributed by atoms with Crippen LogP contribution < -0.4 is 0 Å². The molecule has 0 N–H and O–H groups in total. The van der Waals surface area contributed by atoms with Crippen molar-refractivity contribution in [1.29, 1.82) is 0 Å². The molecule has 66 heavy (non-hydrogen) atoms. The fourth-order valence-electron chi connectivity index (χ4n) is 12.5. The molecule has 0 unspecified atom stereocenters. The highest BCUT2D eigenvalue weighted by molar-refractivity contribution is 6.24. The van der Waals surface area contributed by atoms with Crippen molar-refractivity contribution < 1.29 is 8.83 Å². The quantitative estimate of drug-likeness (QED) is 0.166. The zero-order chi connectivity index (χ0) is 43.1. The van der Waals surface area contributed by atoms with Crippen LogP contribution in [0.15, 0.2) is 227 Å². The second-order valence-corrected chi connectivity index (χ2v) is 18.1. The highest BCUT2D eigenvalue weighted by Gasteiger charge is 2.50. The van der Waals surface area contributed by atoms with Crippen LogP contribution in [0.5, 0.6) is 0 Å². The van der Waals surface area contributed by atoms with Crippen LogP contribution in [0.3, 0.4) is 0 Å². The van der Waals surface area contributed by atoms with E-state index in [0.717, 1.165) is 61.4 Å². The summed E-state index contributed by atoms with van der Waals surface area (Å²) in [5, 5.41) is 9.38. The van der Waals surface area contributed by atoms with Crippen LogP contribution in [0.1, 0.15) is 33.4 Å². The van der Waals surface area contributed by atoms with Gasteiger partial charge in [-0.05, 0) is 136 Å². The highest BCUT2D eigenvalue weighted by Crippen LogP contribution is 2.60. The van der Waals surface area contributed by atoms with E-state index in [9.17, 15) is 0 Å². The minimum absolute atomic E-state index is 0.472. The third kappa shape index (κ3) is 4.65. The van der Waals surface area contributed by atoms with Crippen LogP contribution in [0, 0.1) is 0 Å². The molecule has 0 amide bonds. The first-order chi connectivity index (χ1) is 32.8. The molecule has 2 aromatic heterocycles. The molecule has 0 bridgehead atoms. The van der Waals surface area contributed by atoms with Gasteiger partial charge in [-0.25, -0.2) is 0 Å². The van der Waals surface area contributed by atoms with Crippen molar-refractivity contribution in [3.05, 3.63) is 252 Å². The number of benzene rings is 11. The zero-order valence-corrected chi connectivity index (χ0v) is 35.8. The minimum atomic E-state index is -0.472. The monoisotopic (exact) mass is 838 g/mol. The Morgan fingerprint density at radius 2 is 0.697 bits per heavy atom. The highest BCUT2D eigenvalue weighted by atomic mass is 16.3. The fourth-order valence-corrected chi connectivity index (χ4v) is 12.5. The lowest BCUT2D eigenvalue weighted by Gasteiger charge is -2.41. The van der Waals surface area contributed by atoms with E-state index in [0.29, 0.717) is 0 Å². The molecule has 2 aliphatic rings. The summed E-state index contributed by atoms with van der Waals surface area (Å²) in [5.74, 6) is 0. The van der Waals surface area contributed by atoms with Gasteiger partial charge in [-0.3, -0.25) is 0 Å². The molecule has 15 rings (SSSR count). The van der Waals surface area contributed by atoms with E-state index in [1.807, 2.05) is 0 Å². The topological polar surface area (TPSA) is 26.3 Å². The summed E-state index contributed by atoms with van der Waals surface area (Å²) in [4.78, 5) is 0. The molecule has 0 saturated carbocycles. The van der Waals surface area contributed by atoms with Crippen LogP contribution in [0.4, 0.5) is 0 Å². The lowest BCUT2D eigenvalue weighted by Crippen LogP contribution is -2.34. The van der Waals surface area contributed by atoms with Crippen LogP contribution in [0.25, 0.3) is 110 Å². The van der Waals surface area contributed by atoms with Gasteiger partial charge in [-0.15, -0.1) is 0 Å². The van der Waals surface area contributed by atoms with Gasteiger partial charge in [-0.1, -0.05) is 188 Å². The number of rotatable bonds is 3. The van der Waals surface area contributed by atoms with E-state index < -0.39 is 5.41 Å². The van der Waals surface area contributed by atoms with E-state index in [4.69, 9.17) is 8.83 Å². The fraction of sp³-hybridized carbons (Fsp3) is 0.0312. The first-order valence-electron chi connectivity index (χ1n) is 23.0. The van der Waals surface area contributed by atoms with Crippen molar-refractivity contribution in [3.63, 3.8) is 0 Å². The maximum atomic E-state index is 6.51. The first-order valence-corrected chi connectivity index (χ1v) is 23.0. The standard InChI is InChI=1S/C64H38O2/c1-6-28-53-38(16-1)36-52-47(25-13-31-56(52)64(53)54-29-7-2-17-41(54)42-18-3-8-30-55(42)64)61-45-23-11-21-39(43-26-14-34-59-62(43)48-19-4-9-32-57(48)65-59)50(45)37-51-40(22-12-24-46(51)61)44-27-15-35-60-63(44)49-20-5-10-33-58(49)66-60/h1-35,37H,36H2. The molecular weight excluding hydrogens is 801 g/mol. The molecule has 0 radical (unpaired) electrons. The second kappa shape index (κ2) is 13.3. The number of hydrogen-bond acceptors (Lipinski definition) is 2. The summed E-state index contributed by atoms with van der Waals surface area (Å²) >= 11 is 0. The second-order valence-electron chi connectivity index (χ2n) is 18.1. The third-order valence-electron chi connectivity index (χ3n) is 15.0. The lowest BCUT2D eigenvalue weighted by atomic mass is 9.60. The Labute approximate surface area is 380 Å². The Kier molecular flexibility index (Phi) is 7.24. The molecule has 2 nitrogen and oxygen atoms in total. The molecule has 0 fully saturated rings. The Morgan fingerprint density at radius 3 is 1.30 bits per heavy atom. The molecule has 2 heteroatoms. The van der Waals surface area contributed by atoms with Crippen LogP contribution in [0.2, 0.25) is 0 Å². The van der Waals surface area contributed by atoms with Crippen LogP contribution >= 0.6 is 0 Å². The van der Waals surface area contributed by atoms with E-state index in [1.165, 1.54) is 88.3 Å². The van der Waals surface area contributed by atoms with Gasteiger partial charge in [-0.2, -0.15) is 0 Å². The summed E-state index contributed by atoms with van der Waals surface area (Å²) in [6, 6.07) is 80.7. The van der Waals surface area contributed by atoms with Crippen molar-refractivity contribution in [3.8, 4) is 44.5 Å². The van der Waals surface area contributed by atoms with Gasteiger partial charge in [0.05, 0.1) is 5.41 Å². The maximum Gasteiger partial charge on any atom is 0.136 e. The molecule has 0 aliphatic heterocycles. The Morgan fingerprint density at radius 1 is 0.288 bits per heavy atom. The first kappa shape index (κ1) is 35.9. The summed E-state index contributed by atoms with van der Waals surface area (Å²) in [7, 11) is 0. The van der Waals surface area contributed by atoms with Crippen LogP contribution in [-0.4, -0.2) is 0 Å². The van der Waals surface area contributed by atoms with Gasteiger partial charge in [0.1, 0.15) is 22.3 Å². The Hall–Kier alpha value is -8.46. The van der Waals surface area contributed by atoms with E-state index >= 15 is 0 Å².